The predicted octanol–water partition coefficient (Wildman–Crippen LogP) is 4.67. The molecule has 0 amide bonds. The fourth-order valence-electron chi connectivity index (χ4n) is 2.37. The van der Waals surface area contributed by atoms with E-state index in [0.717, 1.165) is 11.1 Å². The smallest absolute Gasteiger partial charge is 0.338 e. The second-order valence-corrected chi connectivity index (χ2v) is 6.11. The molecule has 0 unspecified atom stereocenters. The third-order valence-electron chi connectivity index (χ3n) is 3.76. The van der Waals surface area contributed by atoms with E-state index >= 15 is 0 Å². The standard InChI is InChI=1S/C21H22O4/c1-7-15-11-18(24-20(22)12(2)3)17-10-14(6)8-9-16(17)19(15)25-21(23)13(4)5/h8-11H,2,4,7H2,1,3,5-6H3. The average Bonchev–Trinajstić information content (AvgIpc) is 2.56. The molecule has 25 heavy (non-hydrogen) atoms. The van der Waals surface area contributed by atoms with Gasteiger partial charge in [-0.1, -0.05) is 37.8 Å². The largest absolute Gasteiger partial charge is 0.423 e. The lowest BCUT2D eigenvalue weighted by atomic mass is 10.0. The summed E-state index contributed by atoms with van der Waals surface area (Å²) in [6, 6.07) is 7.42. The third kappa shape index (κ3) is 3.97. The minimum absolute atomic E-state index is 0.316. The van der Waals surface area contributed by atoms with E-state index in [0.29, 0.717) is 39.8 Å². The lowest BCUT2D eigenvalue weighted by Crippen LogP contribution is -2.12. The van der Waals surface area contributed by atoms with Gasteiger partial charge in [0.2, 0.25) is 0 Å². The van der Waals surface area contributed by atoms with Crippen molar-refractivity contribution in [3.63, 3.8) is 0 Å². The maximum atomic E-state index is 12.0. The monoisotopic (exact) mass is 338 g/mol. The van der Waals surface area contributed by atoms with Crippen molar-refractivity contribution in [2.45, 2.75) is 34.1 Å². The second kappa shape index (κ2) is 7.34. The van der Waals surface area contributed by atoms with Crippen LogP contribution in [0.25, 0.3) is 10.8 Å². The van der Waals surface area contributed by atoms with Gasteiger partial charge < -0.3 is 9.47 Å². The number of aryl methyl sites for hydroxylation is 2. The Hall–Kier alpha value is -2.88. The van der Waals surface area contributed by atoms with Crippen LogP contribution in [0, 0.1) is 6.92 Å². The van der Waals surface area contributed by atoms with E-state index in [9.17, 15) is 9.59 Å². The number of benzene rings is 2. The van der Waals surface area contributed by atoms with Crippen molar-refractivity contribution in [2.75, 3.05) is 0 Å². The van der Waals surface area contributed by atoms with Gasteiger partial charge in [-0.2, -0.15) is 0 Å². The van der Waals surface area contributed by atoms with E-state index in [4.69, 9.17) is 9.47 Å². The zero-order valence-electron chi connectivity index (χ0n) is 15.1. The van der Waals surface area contributed by atoms with Crippen LogP contribution in [-0.4, -0.2) is 11.9 Å². The van der Waals surface area contributed by atoms with Crippen LogP contribution >= 0.6 is 0 Å². The van der Waals surface area contributed by atoms with Gasteiger partial charge in [-0.15, -0.1) is 0 Å². The van der Waals surface area contributed by atoms with Crippen LogP contribution < -0.4 is 9.47 Å². The summed E-state index contributed by atoms with van der Waals surface area (Å²) in [6.45, 7) is 14.3. The first kappa shape index (κ1) is 18.5. The molecule has 0 aliphatic rings. The summed E-state index contributed by atoms with van der Waals surface area (Å²) >= 11 is 0. The number of ether oxygens (including phenoxy) is 2. The first-order valence-corrected chi connectivity index (χ1v) is 8.06. The fourth-order valence-corrected chi connectivity index (χ4v) is 2.37. The van der Waals surface area contributed by atoms with E-state index in [1.54, 1.807) is 19.9 Å². The van der Waals surface area contributed by atoms with E-state index < -0.39 is 11.9 Å². The highest BCUT2D eigenvalue weighted by atomic mass is 16.5. The molecule has 0 saturated carbocycles. The van der Waals surface area contributed by atoms with E-state index in [1.165, 1.54) is 0 Å². The van der Waals surface area contributed by atoms with Gasteiger partial charge in [0.1, 0.15) is 11.5 Å². The van der Waals surface area contributed by atoms with Gasteiger partial charge in [0.05, 0.1) is 0 Å². The first-order chi connectivity index (χ1) is 11.7. The van der Waals surface area contributed by atoms with Crippen molar-refractivity contribution in [3.8, 4) is 11.5 Å². The van der Waals surface area contributed by atoms with Gasteiger partial charge in [0, 0.05) is 21.9 Å². The molecule has 0 heterocycles. The molecular weight excluding hydrogens is 316 g/mol. The zero-order chi connectivity index (χ0) is 18.7. The minimum Gasteiger partial charge on any atom is -0.423 e. The number of carbonyl (C=O) groups is 2. The normalized spacial score (nSPS) is 10.4. The molecule has 0 atom stereocenters. The Morgan fingerprint density at radius 3 is 2.12 bits per heavy atom. The molecule has 0 saturated heterocycles. The highest BCUT2D eigenvalue weighted by Crippen LogP contribution is 2.38. The van der Waals surface area contributed by atoms with E-state index in [2.05, 4.69) is 13.2 Å². The molecular formula is C21H22O4. The van der Waals surface area contributed by atoms with Crippen LogP contribution in [0.5, 0.6) is 11.5 Å². The Kier molecular flexibility index (Phi) is 5.42. The van der Waals surface area contributed by atoms with Crippen molar-refractivity contribution < 1.29 is 19.1 Å². The van der Waals surface area contributed by atoms with Crippen molar-refractivity contribution in [3.05, 3.63) is 59.7 Å². The Labute approximate surface area is 147 Å². The number of hydrogen-bond acceptors (Lipinski definition) is 4. The molecule has 0 aliphatic carbocycles. The summed E-state index contributed by atoms with van der Waals surface area (Å²) in [5.41, 5.74) is 2.41. The summed E-state index contributed by atoms with van der Waals surface area (Å²) in [5.74, 6) is -0.0703. The molecule has 4 heteroatoms. The quantitative estimate of drug-likeness (QED) is 0.451. The second-order valence-electron chi connectivity index (χ2n) is 6.11. The van der Waals surface area contributed by atoms with E-state index in [1.807, 2.05) is 32.0 Å². The maximum Gasteiger partial charge on any atom is 0.338 e. The Morgan fingerprint density at radius 2 is 1.56 bits per heavy atom. The lowest BCUT2D eigenvalue weighted by Gasteiger charge is -2.16. The van der Waals surface area contributed by atoms with Crippen LogP contribution in [0.3, 0.4) is 0 Å². The van der Waals surface area contributed by atoms with Crippen molar-refractivity contribution in [2.24, 2.45) is 0 Å². The molecule has 0 aromatic heterocycles. The molecule has 130 valence electrons. The number of carbonyl (C=O) groups excluding carboxylic acids is 2. The van der Waals surface area contributed by atoms with Crippen molar-refractivity contribution >= 4 is 22.7 Å². The molecule has 0 aliphatic heterocycles. The number of rotatable bonds is 5. The topological polar surface area (TPSA) is 52.6 Å². The number of esters is 2. The lowest BCUT2D eigenvalue weighted by molar-refractivity contribution is -0.131. The summed E-state index contributed by atoms with van der Waals surface area (Å²) in [4.78, 5) is 24.0. The number of fused-ring (bicyclic) bond motifs is 1. The SMILES string of the molecule is C=C(C)C(=O)Oc1cc(CC)c(OC(=O)C(=C)C)c2ccc(C)cc12. The highest BCUT2D eigenvalue weighted by molar-refractivity contribution is 6.00. The maximum absolute atomic E-state index is 12.0. The van der Waals surface area contributed by atoms with Crippen LogP contribution in [0.1, 0.15) is 31.9 Å². The Morgan fingerprint density at radius 1 is 0.960 bits per heavy atom. The highest BCUT2D eigenvalue weighted by Gasteiger charge is 2.18. The van der Waals surface area contributed by atoms with Gasteiger partial charge in [-0.3, -0.25) is 0 Å². The summed E-state index contributed by atoms with van der Waals surface area (Å²) in [5, 5.41) is 1.42. The van der Waals surface area contributed by atoms with Gasteiger partial charge in [0.25, 0.3) is 0 Å². The summed E-state index contributed by atoms with van der Waals surface area (Å²) in [7, 11) is 0. The molecule has 2 aromatic rings. The summed E-state index contributed by atoms with van der Waals surface area (Å²) < 4.78 is 11.1. The van der Waals surface area contributed by atoms with Crippen LogP contribution in [0.2, 0.25) is 0 Å². The number of hydrogen-bond donors (Lipinski definition) is 0. The van der Waals surface area contributed by atoms with Gasteiger partial charge in [0.15, 0.2) is 0 Å². The Bertz CT molecular complexity index is 890. The van der Waals surface area contributed by atoms with Gasteiger partial charge in [-0.25, -0.2) is 9.59 Å². The van der Waals surface area contributed by atoms with Crippen LogP contribution in [0.15, 0.2) is 48.6 Å². The van der Waals surface area contributed by atoms with Crippen LogP contribution in [0.4, 0.5) is 0 Å². The molecule has 0 spiro atoms. The predicted molar refractivity (Wildman–Crippen MR) is 99.0 cm³/mol. The molecule has 0 radical (unpaired) electrons. The minimum atomic E-state index is -0.489. The average molecular weight is 338 g/mol. The van der Waals surface area contributed by atoms with Gasteiger partial charge >= 0.3 is 11.9 Å². The Balaban J connectivity index is 2.70. The molecule has 0 bridgehead atoms. The molecule has 0 fully saturated rings. The van der Waals surface area contributed by atoms with Gasteiger partial charge in [-0.05, 0) is 44.9 Å². The van der Waals surface area contributed by atoms with Crippen molar-refractivity contribution in [1.29, 1.82) is 0 Å². The van der Waals surface area contributed by atoms with Crippen molar-refractivity contribution in [1.82, 2.24) is 0 Å². The molecule has 4 nitrogen and oxygen atoms in total. The summed E-state index contributed by atoms with van der Waals surface area (Å²) in [6.07, 6.45) is 0.611. The molecule has 2 aromatic carbocycles. The fraction of sp³-hybridized carbons (Fsp3) is 0.238. The van der Waals surface area contributed by atoms with E-state index in [-0.39, 0.29) is 0 Å². The van der Waals surface area contributed by atoms with Crippen LogP contribution in [-0.2, 0) is 16.0 Å². The molecule has 2 rings (SSSR count). The first-order valence-electron chi connectivity index (χ1n) is 8.06. The zero-order valence-corrected chi connectivity index (χ0v) is 15.1. The molecule has 0 N–H and O–H groups in total. The third-order valence-corrected chi connectivity index (χ3v) is 3.76.